The van der Waals surface area contributed by atoms with E-state index in [0.29, 0.717) is 18.2 Å². The number of ether oxygens (including phenoxy) is 1. The third-order valence-corrected chi connectivity index (χ3v) is 3.75. The second kappa shape index (κ2) is 6.87. The zero-order valence-electron chi connectivity index (χ0n) is 13.0. The zero-order valence-corrected chi connectivity index (χ0v) is 13.0. The molecule has 2 heterocycles. The molecule has 2 rings (SSSR count). The van der Waals surface area contributed by atoms with Gasteiger partial charge in [0.15, 0.2) is 0 Å². The Labute approximate surface area is 125 Å². The standard InChI is InChI=1S/C15H24N4O2/c1-4-21-13-6-5-12(11-17-13)18-14(20)15(2,3)19-9-7-16-8-10-19/h5-6,11,16H,4,7-10H2,1-3H3,(H,18,20). The maximum Gasteiger partial charge on any atom is 0.244 e. The summed E-state index contributed by atoms with van der Waals surface area (Å²) in [4.78, 5) is 18.9. The Bertz CT molecular complexity index is 467. The van der Waals surface area contributed by atoms with Gasteiger partial charge in [0, 0.05) is 32.2 Å². The monoisotopic (exact) mass is 292 g/mol. The van der Waals surface area contributed by atoms with Crippen LogP contribution in [-0.2, 0) is 4.79 Å². The van der Waals surface area contributed by atoms with Crippen molar-refractivity contribution in [2.24, 2.45) is 0 Å². The Balaban J connectivity index is 1.98. The molecular formula is C15H24N4O2. The zero-order chi connectivity index (χ0) is 15.3. The Morgan fingerprint density at radius 3 is 2.71 bits per heavy atom. The predicted molar refractivity (Wildman–Crippen MR) is 82.6 cm³/mol. The molecule has 21 heavy (non-hydrogen) atoms. The van der Waals surface area contributed by atoms with E-state index in [1.54, 1.807) is 12.3 Å². The summed E-state index contributed by atoms with van der Waals surface area (Å²) in [6.07, 6.45) is 1.62. The van der Waals surface area contributed by atoms with Gasteiger partial charge < -0.3 is 15.4 Å². The van der Waals surface area contributed by atoms with Crippen LogP contribution in [0.4, 0.5) is 5.69 Å². The fraction of sp³-hybridized carbons (Fsp3) is 0.600. The first kappa shape index (κ1) is 15.7. The molecular weight excluding hydrogens is 268 g/mol. The lowest BCUT2D eigenvalue weighted by Gasteiger charge is -2.39. The molecule has 6 heteroatoms. The lowest BCUT2D eigenvalue weighted by atomic mass is 10.0. The largest absolute Gasteiger partial charge is 0.478 e. The number of amides is 1. The fourth-order valence-electron chi connectivity index (χ4n) is 2.34. The highest BCUT2D eigenvalue weighted by Crippen LogP contribution is 2.19. The van der Waals surface area contributed by atoms with Gasteiger partial charge in [0.25, 0.3) is 0 Å². The van der Waals surface area contributed by atoms with E-state index in [1.807, 2.05) is 26.8 Å². The summed E-state index contributed by atoms with van der Waals surface area (Å²) in [5.41, 5.74) is 0.146. The summed E-state index contributed by atoms with van der Waals surface area (Å²) >= 11 is 0. The van der Waals surface area contributed by atoms with Crippen LogP contribution in [0.1, 0.15) is 20.8 Å². The molecule has 1 aliphatic rings. The van der Waals surface area contributed by atoms with E-state index >= 15 is 0 Å². The van der Waals surface area contributed by atoms with Gasteiger partial charge in [-0.15, -0.1) is 0 Å². The summed E-state index contributed by atoms with van der Waals surface area (Å²) in [5.74, 6) is 0.548. The van der Waals surface area contributed by atoms with Gasteiger partial charge in [-0.05, 0) is 26.8 Å². The molecule has 0 bridgehead atoms. The quantitative estimate of drug-likeness (QED) is 0.851. The van der Waals surface area contributed by atoms with Gasteiger partial charge in [-0.3, -0.25) is 9.69 Å². The molecule has 116 valence electrons. The molecule has 0 radical (unpaired) electrons. The van der Waals surface area contributed by atoms with Crippen molar-refractivity contribution in [2.45, 2.75) is 26.3 Å². The maximum absolute atomic E-state index is 12.5. The number of carbonyl (C=O) groups is 1. The normalized spacial score (nSPS) is 16.5. The number of rotatable bonds is 5. The van der Waals surface area contributed by atoms with Crippen molar-refractivity contribution in [3.8, 4) is 5.88 Å². The highest BCUT2D eigenvalue weighted by molar-refractivity contribution is 5.97. The van der Waals surface area contributed by atoms with Crippen molar-refractivity contribution in [1.82, 2.24) is 15.2 Å². The molecule has 0 spiro atoms. The Morgan fingerprint density at radius 1 is 1.43 bits per heavy atom. The highest BCUT2D eigenvalue weighted by atomic mass is 16.5. The van der Waals surface area contributed by atoms with E-state index < -0.39 is 5.54 Å². The summed E-state index contributed by atoms with van der Waals surface area (Å²) in [6, 6.07) is 3.57. The van der Waals surface area contributed by atoms with Gasteiger partial charge in [-0.2, -0.15) is 0 Å². The minimum absolute atomic E-state index is 0.0182. The van der Waals surface area contributed by atoms with E-state index in [-0.39, 0.29) is 5.91 Å². The van der Waals surface area contributed by atoms with Crippen LogP contribution in [0.5, 0.6) is 5.88 Å². The Morgan fingerprint density at radius 2 is 2.14 bits per heavy atom. The van der Waals surface area contributed by atoms with Crippen molar-refractivity contribution in [3.63, 3.8) is 0 Å². The Kier molecular flexibility index (Phi) is 5.14. The number of anilines is 1. The van der Waals surface area contributed by atoms with Crippen LogP contribution < -0.4 is 15.4 Å². The van der Waals surface area contributed by atoms with E-state index in [0.717, 1.165) is 26.2 Å². The molecule has 1 aromatic heterocycles. The fourth-order valence-corrected chi connectivity index (χ4v) is 2.34. The number of carbonyl (C=O) groups excluding carboxylic acids is 1. The van der Waals surface area contributed by atoms with Crippen LogP contribution in [-0.4, -0.2) is 54.1 Å². The summed E-state index contributed by atoms with van der Waals surface area (Å²) in [5, 5.41) is 6.23. The summed E-state index contributed by atoms with van der Waals surface area (Å²) in [6.45, 7) is 9.99. The first-order chi connectivity index (χ1) is 10.0. The van der Waals surface area contributed by atoms with Crippen molar-refractivity contribution in [2.75, 3.05) is 38.1 Å². The third kappa shape index (κ3) is 3.92. The molecule has 1 aliphatic heterocycles. The van der Waals surface area contributed by atoms with Crippen LogP contribution in [0, 0.1) is 0 Å². The average molecular weight is 292 g/mol. The van der Waals surface area contributed by atoms with Crippen molar-refractivity contribution >= 4 is 11.6 Å². The topological polar surface area (TPSA) is 66.5 Å². The van der Waals surface area contributed by atoms with Gasteiger partial charge in [0.05, 0.1) is 24.0 Å². The van der Waals surface area contributed by atoms with Gasteiger partial charge in [-0.25, -0.2) is 4.98 Å². The second-order valence-corrected chi connectivity index (χ2v) is 5.57. The molecule has 0 atom stereocenters. The second-order valence-electron chi connectivity index (χ2n) is 5.57. The lowest BCUT2D eigenvalue weighted by molar-refractivity contribution is -0.126. The number of hydrogen-bond acceptors (Lipinski definition) is 5. The Hall–Kier alpha value is -1.66. The van der Waals surface area contributed by atoms with Crippen LogP contribution >= 0.6 is 0 Å². The average Bonchev–Trinajstić information content (AvgIpc) is 2.50. The minimum atomic E-state index is -0.541. The van der Waals surface area contributed by atoms with Crippen molar-refractivity contribution < 1.29 is 9.53 Å². The lowest BCUT2D eigenvalue weighted by Crippen LogP contribution is -2.58. The molecule has 6 nitrogen and oxygen atoms in total. The van der Waals surface area contributed by atoms with E-state index in [2.05, 4.69) is 20.5 Å². The number of piperazine rings is 1. The molecule has 0 unspecified atom stereocenters. The number of pyridine rings is 1. The van der Waals surface area contributed by atoms with Crippen LogP contribution in [0.15, 0.2) is 18.3 Å². The first-order valence-corrected chi connectivity index (χ1v) is 7.40. The number of hydrogen-bond donors (Lipinski definition) is 2. The third-order valence-electron chi connectivity index (χ3n) is 3.75. The SMILES string of the molecule is CCOc1ccc(NC(=O)C(C)(C)N2CCNCC2)cn1. The number of aromatic nitrogens is 1. The van der Waals surface area contributed by atoms with E-state index in [9.17, 15) is 4.79 Å². The van der Waals surface area contributed by atoms with Gasteiger partial charge >= 0.3 is 0 Å². The van der Waals surface area contributed by atoms with Crippen molar-refractivity contribution in [1.29, 1.82) is 0 Å². The molecule has 0 aliphatic carbocycles. The molecule has 2 N–H and O–H groups in total. The highest BCUT2D eigenvalue weighted by Gasteiger charge is 2.35. The van der Waals surface area contributed by atoms with Gasteiger partial charge in [-0.1, -0.05) is 0 Å². The van der Waals surface area contributed by atoms with Crippen LogP contribution in [0.2, 0.25) is 0 Å². The minimum Gasteiger partial charge on any atom is -0.478 e. The van der Waals surface area contributed by atoms with Gasteiger partial charge in [0.1, 0.15) is 0 Å². The number of nitrogens with zero attached hydrogens (tertiary/aromatic N) is 2. The molecule has 1 amide bonds. The summed E-state index contributed by atoms with van der Waals surface area (Å²) < 4.78 is 5.29. The maximum atomic E-state index is 12.5. The molecule has 0 aromatic carbocycles. The summed E-state index contributed by atoms with van der Waals surface area (Å²) in [7, 11) is 0. The molecule has 1 saturated heterocycles. The van der Waals surface area contributed by atoms with Crippen molar-refractivity contribution in [3.05, 3.63) is 18.3 Å². The van der Waals surface area contributed by atoms with E-state index in [4.69, 9.17) is 4.74 Å². The predicted octanol–water partition coefficient (Wildman–Crippen LogP) is 1.10. The van der Waals surface area contributed by atoms with E-state index in [1.165, 1.54) is 0 Å². The molecule has 1 fully saturated rings. The molecule has 0 saturated carbocycles. The molecule has 1 aromatic rings. The number of nitrogens with one attached hydrogen (secondary N) is 2. The van der Waals surface area contributed by atoms with Gasteiger partial charge in [0.2, 0.25) is 11.8 Å². The van der Waals surface area contributed by atoms with Crippen LogP contribution in [0.3, 0.4) is 0 Å². The smallest absolute Gasteiger partial charge is 0.244 e. The van der Waals surface area contributed by atoms with Crippen LogP contribution in [0.25, 0.3) is 0 Å². The first-order valence-electron chi connectivity index (χ1n) is 7.40.